The number of nitrogens with zero attached hydrogens (tertiary/aromatic N) is 1. The third-order valence-corrected chi connectivity index (χ3v) is 2.34. The van der Waals surface area contributed by atoms with Crippen LogP contribution in [0.15, 0.2) is 0 Å². The third kappa shape index (κ3) is 6.19. The summed E-state index contributed by atoms with van der Waals surface area (Å²) in [5.74, 6) is -2.69. The Hall–Kier alpha value is -0.950. The monoisotopic (exact) mass is 241 g/mol. The first-order valence-electron chi connectivity index (χ1n) is 3.86. The highest BCUT2D eigenvalue weighted by atomic mass is 31.2. The van der Waals surface area contributed by atoms with Gasteiger partial charge in [-0.05, 0) is 6.92 Å². The van der Waals surface area contributed by atoms with Crippen LogP contribution in [0.5, 0.6) is 0 Å². The van der Waals surface area contributed by atoms with Gasteiger partial charge in [-0.15, -0.1) is 0 Å². The van der Waals surface area contributed by atoms with Crippen molar-refractivity contribution in [2.24, 2.45) is 0 Å². The van der Waals surface area contributed by atoms with Gasteiger partial charge in [0, 0.05) is 0 Å². The maximum Gasteiger partial charge on any atom is 0.339 e. The molecule has 8 nitrogen and oxygen atoms in total. The van der Waals surface area contributed by atoms with Crippen molar-refractivity contribution < 1.29 is 34.2 Å². The van der Waals surface area contributed by atoms with Crippen LogP contribution >= 0.6 is 7.60 Å². The average molecular weight is 241 g/mol. The van der Waals surface area contributed by atoms with E-state index in [-0.39, 0.29) is 0 Å². The van der Waals surface area contributed by atoms with Crippen LogP contribution in [0.1, 0.15) is 6.92 Å². The number of hydrogen-bond donors (Lipinski definition) is 4. The normalized spacial score (nSPS) is 13.9. The predicted molar refractivity (Wildman–Crippen MR) is 48.4 cm³/mol. The Morgan fingerprint density at radius 2 is 1.80 bits per heavy atom. The largest absolute Gasteiger partial charge is 0.480 e. The first kappa shape index (κ1) is 14.1. The molecule has 0 rings (SSSR count). The Morgan fingerprint density at radius 3 is 2.07 bits per heavy atom. The summed E-state index contributed by atoms with van der Waals surface area (Å²) < 4.78 is 10.6. The fourth-order valence-corrected chi connectivity index (χ4v) is 1.69. The van der Waals surface area contributed by atoms with Crippen molar-refractivity contribution in [2.75, 3.05) is 12.8 Å². The molecule has 1 atom stereocenters. The first-order chi connectivity index (χ1) is 6.63. The van der Waals surface area contributed by atoms with Crippen molar-refractivity contribution in [3.8, 4) is 0 Å². The van der Waals surface area contributed by atoms with E-state index in [0.29, 0.717) is 4.90 Å². The molecule has 1 unspecified atom stereocenters. The van der Waals surface area contributed by atoms with Crippen LogP contribution in [0.4, 0.5) is 0 Å². The van der Waals surface area contributed by atoms with E-state index >= 15 is 0 Å². The molecule has 0 bridgehead atoms. The second-order valence-electron chi connectivity index (χ2n) is 2.96. The first-order valence-corrected chi connectivity index (χ1v) is 5.66. The van der Waals surface area contributed by atoms with E-state index in [1.807, 2.05) is 0 Å². The Balaban J connectivity index is 4.65. The van der Waals surface area contributed by atoms with Crippen LogP contribution in [0.25, 0.3) is 0 Å². The summed E-state index contributed by atoms with van der Waals surface area (Å²) in [6, 6.07) is -1.27. The number of carboxylic acid groups (broad SMARTS) is 2. The molecule has 0 saturated heterocycles. The molecule has 0 aromatic heterocycles. The SMILES string of the molecule is CC(C(=O)O)N(CC(=O)O)CP(=O)(O)O. The lowest BCUT2D eigenvalue weighted by Crippen LogP contribution is -2.42. The van der Waals surface area contributed by atoms with Gasteiger partial charge in [0.05, 0.1) is 6.54 Å². The summed E-state index contributed by atoms with van der Waals surface area (Å²) in [5.41, 5.74) is 0. The molecule has 0 aromatic rings. The Labute approximate surface area is 85.3 Å². The fraction of sp³-hybridized carbons (Fsp3) is 0.667. The minimum atomic E-state index is -4.47. The molecule has 0 aliphatic heterocycles. The molecule has 9 heteroatoms. The Morgan fingerprint density at radius 1 is 1.33 bits per heavy atom. The van der Waals surface area contributed by atoms with Gasteiger partial charge in [-0.2, -0.15) is 0 Å². The smallest absolute Gasteiger partial charge is 0.339 e. The molecule has 0 aliphatic carbocycles. The lowest BCUT2D eigenvalue weighted by Gasteiger charge is -2.24. The van der Waals surface area contributed by atoms with E-state index in [9.17, 15) is 14.2 Å². The molecule has 15 heavy (non-hydrogen) atoms. The van der Waals surface area contributed by atoms with E-state index in [0.717, 1.165) is 6.92 Å². The lowest BCUT2D eigenvalue weighted by atomic mass is 10.3. The second-order valence-corrected chi connectivity index (χ2v) is 4.57. The van der Waals surface area contributed by atoms with Crippen molar-refractivity contribution in [2.45, 2.75) is 13.0 Å². The van der Waals surface area contributed by atoms with Gasteiger partial charge in [-0.25, -0.2) is 0 Å². The van der Waals surface area contributed by atoms with Crippen molar-refractivity contribution in [3.05, 3.63) is 0 Å². The van der Waals surface area contributed by atoms with E-state index < -0.39 is 38.4 Å². The molecular formula is C6H12NO7P. The number of aliphatic carboxylic acids is 2. The van der Waals surface area contributed by atoms with Crippen LogP contribution in [0, 0.1) is 0 Å². The molecule has 4 N–H and O–H groups in total. The summed E-state index contributed by atoms with van der Waals surface area (Å²) in [5, 5.41) is 17.0. The summed E-state index contributed by atoms with van der Waals surface area (Å²) in [4.78, 5) is 38.8. The molecule has 0 aromatic carbocycles. The average Bonchev–Trinajstić information content (AvgIpc) is 1.97. The number of carbonyl (C=O) groups is 2. The Kier molecular flexibility index (Phi) is 4.89. The highest BCUT2D eigenvalue weighted by Gasteiger charge is 2.28. The van der Waals surface area contributed by atoms with Crippen molar-refractivity contribution >= 4 is 19.5 Å². The maximum absolute atomic E-state index is 10.6. The maximum atomic E-state index is 10.6. The number of hydrogen-bond acceptors (Lipinski definition) is 4. The van der Waals surface area contributed by atoms with Crippen molar-refractivity contribution in [1.82, 2.24) is 4.90 Å². The van der Waals surface area contributed by atoms with Gasteiger partial charge in [0.25, 0.3) is 0 Å². The van der Waals surface area contributed by atoms with Gasteiger partial charge in [0.1, 0.15) is 12.3 Å². The lowest BCUT2D eigenvalue weighted by molar-refractivity contribution is -0.145. The molecule has 0 spiro atoms. The van der Waals surface area contributed by atoms with Crippen LogP contribution in [0.2, 0.25) is 0 Å². The number of carboxylic acids is 2. The molecule has 0 aliphatic rings. The minimum absolute atomic E-state index is 0.686. The van der Waals surface area contributed by atoms with Crippen LogP contribution in [-0.4, -0.2) is 55.7 Å². The summed E-state index contributed by atoms with van der Waals surface area (Å²) in [6.45, 7) is 0.416. The fourth-order valence-electron chi connectivity index (χ4n) is 0.876. The van der Waals surface area contributed by atoms with Crippen LogP contribution in [-0.2, 0) is 14.2 Å². The number of rotatable bonds is 6. The zero-order valence-electron chi connectivity index (χ0n) is 7.90. The minimum Gasteiger partial charge on any atom is -0.480 e. The standard InChI is InChI=1S/C6H12NO7P/c1-4(6(10)11)7(2-5(8)9)3-15(12,13)14/h4H,2-3H2,1H3,(H,8,9)(H,10,11)(H2,12,13,14). The highest BCUT2D eigenvalue weighted by molar-refractivity contribution is 7.51. The van der Waals surface area contributed by atoms with E-state index in [2.05, 4.69) is 0 Å². The van der Waals surface area contributed by atoms with Crippen LogP contribution < -0.4 is 0 Å². The summed E-state index contributed by atoms with van der Waals surface area (Å²) >= 11 is 0. The second kappa shape index (κ2) is 5.22. The molecule has 0 fully saturated rings. The zero-order chi connectivity index (χ0) is 12.2. The molecule has 0 radical (unpaired) electrons. The molecule has 0 saturated carbocycles. The van der Waals surface area contributed by atoms with Gasteiger partial charge in [0.15, 0.2) is 0 Å². The topological polar surface area (TPSA) is 135 Å². The van der Waals surface area contributed by atoms with Crippen molar-refractivity contribution in [1.29, 1.82) is 0 Å². The molecule has 0 amide bonds. The highest BCUT2D eigenvalue weighted by Crippen LogP contribution is 2.35. The van der Waals surface area contributed by atoms with E-state index in [4.69, 9.17) is 20.0 Å². The van der Waals surface area contributed by atoms with Gasteiger partial charge >= 0.3 is 19.5 Å². The van der Waals surface area contributed by atoms with Gasteiger partial charge < -0.3 is 20.0 Å². The van der Waals surface area contributed by atoms with Crippen LogP contribution in [0.3, 0.4) is 0 Å². The van der Waals surface area contributed by atoms with E-state index in [1.54, 1.807) is 0 Å². The van der Waals surface area contributed by atoms with Crippen molar-refractivity contribution in [3.63, 3.8) is 0 Å². The van der Waals surface area contributed by atoms with Gasteiger partial charge in [0.2, 0.25) is 0 Å². The third-order valence-electron chi connectivity index (χ3n) is 1.61. The molecule has 88 valence electrons. The van der Waals surface area contributed by atoms with E-state index in [1.165, 1.54) is 0 Å². The zero-order valence-corrected chi connectivity index (χ0v) is 8.79. The quantitative estimate of drug-likeness (QED) is 0.434. The molecular weight excluding hydrogens is 229 g/mol. The Bertz CT molecular complexity index is 298. The van der Waals surface area contributed by atoms with Gasteiger partial charge in [-0.3, -0.25) is 19.1 Å². The summed E-state index contributed by atoms with van der Waals surface area (Å²) in [6.07, 6.45) is -0.896. The predicted octanol–water partition coefficient (Wildman–Crippen LogP) is -1.02. The molecule has 0 heterocycles. The van der Waals surface area contributed by atoms with Gasteiger partial charge in [-0.1, -0.05) is 0 Å². The summed E-state index contributed by atoms with van der Waals surface area (Å²) in [7, 11) is -4.47.